The van der Waals surface area contributed by atoms with Crippen LogP contribution < -0.4 is 5.32 Å². The van der Waals surface area contributed by atoms with Gasteiger partial charge in [0.15, 0.2) is 17.5 Å². The van der Waals surface area contributed by atoms with Gasteiger partial charge < -0.3 is 24.7 Å². The Morgan fingerprint density at radius 1 is 1.23 bits per heavy atom. The topological polar surface area (TPSA) is 114 Å². The van der Waals surface area contributed by atoms with Crippen molar-refractivity contribution in [3.8, 4) is 0 Å². The number of imidazole rings is 1. The van der Waals surface area contributed by atoms with Gasteiger partial charge in [-0.3, -0.25) is 4.79 Å². The highest BCUT2D eigenvalue weighted by Crippen LogP contribution is 2.35. The number of aromatic amines is 1. The maximum atomic E-state index is 14.6. The molecule has 1 aromatic carbocycles. The third-order valence-electron chi connectivity index (χ3n) is 4.93. The molecule has 0 spiro atoms. The van der Waals surface area contributed by atoms with Gasteiger partial charge in [-0.1, -0.05) is 6.07 Å². The Bertz CT molecular complexity index is 1010. The number of methoxy groups -OCH3 is 2. The molecule has 12 heteroatoms. The fourth-order valence-electron chi connectivity index (χ4n) is 3.38. The fraction of sp³-hybridized carbons (Fsp3) is 0.368. The van der Waals surface area contributed by atoms with Gasteiger partial charge in [0.05, 0.1) is 32.7 Å². The van der Waals surface area contributed by atoms with Crippen molar-refractivity contribution in [3.05, 3.63) is 52.9 Å². The van der Waals surface area contributed by atoms with Crippen LogP contribution in [0.3, 0.4) is 0 Å². The number of nitrogens with zero attached hydrogens (tertiary/aromatic N) is 2. The minimum absolute atomic E-state index is 0.0379. The summed E-state index contributed by atoms with van der Waals surface area (Å²) in [6.07, 6.45) is 1.15. The van der Waals surface area contributed by atoms with Crippen molar-refractivity contribution in [2.75, 3.05) is 20.8 Å². The van der Waals surface area contributed by atoms with Crippen LogP contribution in [-0.2, 0) is 25.5 Å². The molecule has 31 heavy (non-hydrogen) atoms. The van der Waals surface area contributed by atoms with Crippen LogP contribution >= 0.6 is 0 Å². The molecule has 0 fully saturated rings. The molecule has 1 aliphatic heterocycles. The number of halogens is 3. The SMILES string of the molecule is COC(=O)C[C@@H](NC(=O)N1CCc2[nH]cnc2[C@@H]1c1ccc(F)c(F)c1F)C(=O)OC. The van der Waals surface area contributed by atoms with E-state index in [0.717, 1.165) is 31.3 Å². The lowest BCUT2D eigenvalue weighted by Crippen LogP contribution is -2.52. The van der Waals surface area contributed by atoms with Gasteiger partial charge in [0.1, 0.15) is 12.1 Å². The van der Waals surface area contributed by atoms with Gasteiger partial charge in [-0.2, -0.15) is 0 Å². The van der Waals surface area contributed by atoms with Crippen molar-refractivity contribution in [1.29, 1.82) is 0 Å². The van der Waals surface area contributed by atoms with Gasteiger partial charge in [0, 0.05) is 24.2 Å². The molecule has 0 unspecified atom stereocenters. The molecule has 2 atom stereocenters. The van der Waals surface area contributed by atoms with Crippen LogP contribution in [0.2, 0.25) is 0 Å². The van der Waals surface area contributed by atoms with Crippen LogP contribution in [0.15, 0.2) is 18.5 Å². The third-order valence-corrected chi connectivity index (χ3v) is 4.93. The molecule has 1 aliphatic rings. The van der Waals surface area contributed by atoms with Gasteiger partial charge >= 0.3 is 18.0 Å². The third kappa shape index (κ3) is 4.32. The second-order valence-corrected chi connectivity index (χ2v) is 6.68. The Hall–Kier alpha value is -3.57. The molecular formula is C19H19F3N4O5. The molecule has 2 N–H and O–H groups in total. The van der Waals surface area contributed by atoms with Crippen molar-refractivity contribution in [1.82, 2.24) is 20.2 Å². The van der Waals surface area contributed by atoms with Crippen molar-refractivity contribution in [3.63, 3.8) is 0 Å². The first-order chi connectivity index (χ1) is 14.8. The minimum Gasteiger partial charge on any atom is -0.469 e. The summed E-state index contributed by atoms with van der Waals surface area (Å²) < 4.78 is 51.1. The van der Waals surface area contributed by atoms with Crippen LogP contribution in [0, 0.1) is 17.5 Å². The lowest BCUT2D eigenvalue weighted by atomic mass is 9.95. The quantitative estimate of drug-likeness (QED) is 0.539. The molecular weight excluding hydrogens is 421 g/mol. The summed E-state index contributed by atoms with van der Waals surface area (Å²) in [5.41, 5.74) is 0.524. The highest BCUT2D eigenvalue weighted by atomic mass is 19.2. The molecule has 0 saturated heterocycles. The molecule has 1 aromatic heterocycles. The number of benzene rings is 1. The number of carbonyl (C=O) groups excluding carboxylic acids is 3. The summed E-state index contributed by atoms with van der Waals surface area (Å²) in [4.78, 5) is 44.7. The number of esters is 2. The van der Waals surface area contributed by atoms with E-state index in [1.807, 2.05) is 0 Å². The standard InChI is InChI=1S/C19H19F3N4O5/c1-30-13(27)7-12(18(28)31-2)25-19(29)26-6-5-11-16(24-8-23-11)17(26)9-3-4-10(20)15(22)14(9)21/h3-4,8,12,17H,5-7H2,1-2H3,(H,23,24)(H,25,29)/t12-,17+/m1/s1. The first-order valence-electron chi connectivity index (χ1n) is 9.15. The molecule has 0 aliphatic carbocycles. The molecule has 0 radical (unpaired) electrons. The normalized spacial score (nSPS) is 16.3. The summed E-state index contributed by atoms with van der Waals surface area (Å²) in [6.45, 7) is 0.0379. The molecule has 2 heterocycles. The van der Waals surface area contributed by atoms with E-state index >= 15 is 0 Å². The van der Waals surface area contributed by atoms with Crippen molar-refractivity contribution >= 4 is 18.0 Å². The zero-order valence-corrected chi connectivity index (χ0v) is 16.6. The number of rotatable bonds is 5. The van der Waals surface area contributed by atoms with E-state index in [2.05, 4.69) is 24.8 Å². The van der Waals surface area contributed by atoms with Gasteiger partial charge in [0.25, 0.3) is 0 Å². The number of nitrogens with one attached hydrogen (secondary N) is 2. The second kappa shape index (κ2) is 9.06. The average Bonchev–Trinajstić information content (AvgIpc) is 3.25. The summed E-state index contributed by atoms with van der Waals surface area (Å²) >= 11 is 0. The maximum Gasteiger partial charge on any atom is 0.329 e. The number of amides is 2. The average molecular weight is 440 g/mol. The van der Waals surface area contributed by atoms with E-state index in [-0.39, 0.29) is 17.8 Å². The molecule has 3 rings (SSSR count). The van der Waals surface area contributed by atoms with Gasteiger partial charge in [-0.15, -0.1) is 0 Å². The first-order valence-corrected chi connectivity index (χ1v) is 9.15. The highest BCUT2D eigenvalue weighted by Gasteiger charge is 2.38. The zero-order valence-electron chi connectivity index (χ0n) is 16.6. The number of ether oxygens (including phenoxy) is 2. The molecule has 2 amide bonds. The minimum atomic E-state index is -1.68. The number of fused-ring (bicyclic) bond motifs is 1. The van der Waals surface area contributed by atoms with E-state index in [0.29, 0.717) is 12.1 Å². The Labute approximate surface area is 174 Å². The molecule has 9 nitrogen and oxygen atoms in total. The Morgan fingerprint density at radius 3 is 2.65 bits per heavy atom. The number of hydrogen-bond acceptors (Lipinski definition) is 6. The molecule has 0 bridgehead atoms. The van der Waals surface area contributed by atoms with Crippen molar-refractivity contribution < 1.29 is 37.0 Å². The van der Waals surface area contributed by atoms with E-state index in [1.165, 1.54) is 6.33 Å². The van der Waals surface area contributed by atoms with E-state index in [1.54, 1.807) is 0 Å². The molecule has 166 valence electrons. The van der Waals surface area contributed by atoms with Crippen LogP contribution in [0.1, 0.15) is 29.4 Å². The molecule has 0 saturated carbocycles. The number of aromatic nitrogens is 2. The van der Waals surface area contributed by atoms with Crippen LogP contribution in [0.5, 0.6) is 0 Å². The number of H-pyrrole nitrogens is 1. The summed E-state index contributed by atoms with van der Waals surface area (Å²) in [5, 5.41) is 2.35. The van der Waals surface area contributed by atoms with Crippen molar-refractivity contribution in [2.45, 2.75) is 24.9 Å². The second-order valence-electron chi connectivity index (χ2n) is 6.68. The van der Waals surface area contributed by atoms with E-state index < -0.39 is 53.9 Å². The lowest BCUT2D eigenvalue weighted by Gasteiger charge is -2.36. The Balaban J connectivity index is 1.96. The fourth-order valence-corrected chi connectivity index (χ4v) is 3.38. The van der Waals surface area contributed by atoms with E-state index in [4.69, 9.17) is 0 Å². The number of carbonyl (C=O) groups is 3. The Kier molecular flexibility index (Phi) is 6.47. The smallest absolute Gasteiger partial charge is 0.329 e. The van der Waals surface area contributed by atoms with Gasteiger partial charge in [-0.25, -0.2) is 27.7 Å². The predicted molar refractivity (Wildman–Crippen MR) is 98.1 cm³/mol. The van der Waals surface area contributed by atoms with Crippen LogP contribution in [0.4, 0.5) is 18.0 Å². The number of hydrogen-bond donors (Lipinski definition) is 2. The first kappa shape index (κ1) is 22.1. The predicted octanol–water partition coefficient (Wildman–Crippen LogP) is 1.59. The van der Waals surface area contributed by atoms with E-state index in [9.17, 15) is 27.6 Å². The number of urea groups is 1. The zero-order chi connectivity index (χ0) is 22.7. The van der Waals surface area contributed by atoms with Gasteiger partial charge in [0.2, 0.25) is 0 Å². The largest absolute Gasteiger partial charge is 0.469 e. The summed E-state index contributed by atoms with van der Waals surface area (Å²) in [7, 11) is 2.19. The van der Waals surface area contributed by atoms with Gasteiger partial charge in [-0.05, 0) is 6.07 Å². The highest BCUT2D eigenvalue weighted by molar-refractivity contribution is 5.87. The molecule has 2 aromatic rings. The lowest BCUT2D eigenvalue weighted by molar-refractivity contribution is -0.149. The van der Waals surface area contributed by atoms with Crippen LogP contribution in [0.25, 0.3) is 0 Å². The summed E-state index contributed by atoms with van der Waals surface area (Å²) in [5.74, 6) is -6.19. The summed E-state index contributed by atoms with van der Waals surface area (Å²) in [6, 6.07) is -1.67. The Morgan fingerprint density at radius 2 is 1.97 bits per heavy atom. The van der Waals surface area contributed by atoms with Crippen LogP contribution in [-0.4, -0.2) is 59.6 Å². The maximum absolute atomic E-state index is 14.6. The van der Waals surface area contributed by atoms with Crippen molar-refractivity contribution in [2.24, 2.45) is 0 Å². The monoisotopic (exact) mass is 440 g/mol.